The monoisotopic (exact) mass is 279 g/mol. The third-order valence-corrected chi connectivity index (χ3v) is 3.49. The van der Waals surface area contributed by atoms with Gasteiger partial charge in [-0.1, -0.05) is 6.07 Å². The number of carbonyl (C=O) groups excluding carboxylic acids is 1. The number of amides is 1. The molecule has 0 saturated carbocycles. The second-order valence-electron chi connectivity index (χ2n) is 5.30. The number of aliphatic hydroxyl groups is 1. The standard InChI is InChI=1S/C15H21NO4/c1-10(16(3)15(18)7-11(2)17)6-12-4-5-13-14(8-12)20-9-19-13/h4-5,8,10-11,17H,6-7,9H2,1-3H3. The summed E-state index contributed by atoms with van der Waals surface area (Å²) in [6, 6.07) is 5.88. The van der Waals surface area contributed by atoms with Gasteiger partial charge in [0.25, 0.3) is 0 Å². The minimum atomic E-state index is -0.609. The number of nitrogens with zero attached hydrogens (tertiary/aromatic N) is 1. The van der Waals surface area contributed by atoms with Crippen molar-refractivity contribution in [1.29, 1.82) is 0 Å². The summed E-state index contributed by atoms with van der Waals surface area (Å²) in [5, 5.41) is 9.27. The van der Waals surface area contributed by atoms with Crippen LogP contribution >= 0.6 is 0 Å². The van der Waals surface area contributed by atoms with Crippen LogP contribution in [0.4, 0.5) is 0 Å². The molecule has 1 aromatic carbocycles. The number of carbonyl (C=O) groups is 1. The molecular formula is C15H21NO4. The summed E-state index contributed by atoms with van der Waals surface area (Å²) in [4.78, 5) is 13.6. The first-order valence-electron chi connectivity index (χ1n) is 6.79. The van der Waals surface area contributed by atoms with E-state index in [1.54, 1.807) is 18.9 Å². The fourth-order valence-electron chi connectivity index (χ4n) is 2.19. The van der Waals surface area contributed by atoms with Crippen LogP contribution in [0.25, 0.3) is 0 Å². The van der Waals surface area contributed by atoms with Gasteiger partial charge in [-0.3, -0.25) is 4.79 Å². The number of ether oxygens (including phenoxy) is 2. The summed E-state index contributed by atoms with van der Waals surface area (Å²) in [5.41, 5.74) is 1.10. The summed E-state index contributed by atoms with van der Waals surface area (Å²) >= 11 is 0. The van der Waals surface area contributed by atoms with Gasteiger partial charge in [-0.25, -0.2) is 0 Å². The lowest BCUT2D eigenvalue weighted by molar-refractivity contribution is -0.133. The van der Waals surface area contributed by atoms with Crippen LogP contribution in [-0.4, -0.2) is 41.9 Å². The highest BCUT2D eigenvalue weighted by atomic mass is 16.7. The highest BCUT2D eigenvalue weighted by Gasteiger charge is 2.19. The van der Waals surface area contributed by atoms with Gasteiger partial charge in [-0.15, -0.1) is 0 Å². The molecule has 1 aromatic rings. The minimum absolute atomic E-state index is 0.0479. The van der Waals surface area contributed by atoms with E-state index in [4.69, 9.17) is 9.47 Å². The van der Waals surface area contributed by atoms with Crippen molar-refractivity contribution in [2.75, 3.05) is 13.8 Å². The van der Waals surface area contributed by atoms with Crippen molar-refractivity contribution in [3.05, 3.63) is 23.8 Å². The zero-order chi connectivity index (χ0) is 14.7. The number of likely N-dealkylation sites (N-methyl/N-ethyl adjacent to an activating group) is 1. The van der Waals surface area contributed by atoms with Crippen molar-refractivity contribution in [3.63, 3.8) is 0 Å². The lowest BCUT2D eigenvalue weighted by Gasteiger charge is -2.25. The van der Waals surface area contributed by atoms with Crippen LogP contribution in [0.2, 0.25) is 0 Å². The Morgan fingerprint density at radius 3 is 2.75 bits per heavy atom. The quantitative estimate of drug-likeness (QED) is 0.889. The summed E-state index contributed by atoms with van der Waals surface area (Å²) in [6.07, 6.45) is 0.281. The Morgan fingerprint density at radius 2 is 2.05 bits per heavy atom. The highest BCUT2D eigenvalue weighted by Crippen LogP contribution is 2.32. The average Bonchev–Trinajstić information content (AvgIpc) is 2.84. The maximum Gasteiger partial charge on any atom is 0.231 e. The Labute approximate surface area is 119 Å². The second kappa shape index (κ2) is 6.13. The van der Waals surface area contributed by atoms with E-state index in [0.717, 1.165) is 23.5 Å². The van der Waals surface area contributed by atoms with E-state index in [1.807, 2.05) is 25.1 Å². The number of benzene rings is 1. The molecule has 5 nitrogen and oxygen atoms in total. The maximum absolute atomic E-state index is 11.9. The molecule has 0 radical (unpaired) electrons. The van der Waals surface area contributed by atoms with E-state index in [2.05, 4.69) is 0 Å². The largest absolute Gasteiger partial charge is 0.454 e. The summed E-state index contributed by atoms with van der Waals surface area (Å²) in [7, 11) is 1.77. The van der Waals surface area contributed by atoms with Crippen LogP contribution in [0.5, 0.6) is 11.5 Å². The van der Waals surface area contributed by atoms with Gasteiger partial charge < -0.3 is 19.5 Å². The topological polar surface area (TPSA) is 59.0 Å². The summed E-state index contributed by atoms with van der Waals surface area (Å²) in [6.45, 7) is 3.87. The Balaban J connectivity index is 1.97. The molecule has 2 unspecified atom stereocenters. The zero-order valence-corrected chi connectivity index (χ0v) is 12.1. The van der Waals surface area contributed by atoms with Crippen molar-refractivity contribution in [3.8, 4) is 11.5 Å². The van der Waals surface area contributed by atoms with E-state index in [-0.39, 0.29) is 25.2 Å². The van der Waals surface area contributed by atoms with Gasteiger partial charge in [0.1, 0.15) is 0 Å². The van der Waals surface area contributed by atoms with Gasteiger partial charge in [-0.05, 0) is 38.0 Å². The van der Waals surface area contributed by atoms with Gasteiger partial charge in [0.2, 0.25) is 12.7 Å². The summed E-state index contributed by atoms with van der Waals surface area (Å²) in [5.74, 6) is 1.47. The van der Waals surface area contributed by atoms with E-state index < -0.39 is 6.10 Å². The second-order valence-corrected chi connectivity index (χ2v) is 5.30. The number of fused-ring (bicyclic) bond motifs is 1. The minimum Gasteiger partial charge on any atom is -0.454 e. The molecule has 1 amide bonds. The normalized spacial score (nSPS) is 15.8. The van der Waals surface area contributed by atoms with Crippen LogP contribution < -0.4 is 9.47 Å². The lowest BCUT2D eigenvalue weighted by atomic mass is 10.0. The smallest absolute Gasteiger partial charge is 0.231 e. The first kappa shape index (κ1) is 14.7. The fourth-order valence-corrected chi connectivity index (χ4v) is 2.19. The first-order chi connectivity index (χ1) is 9.47. The number of aliphatic hydroxyl groups excluding tert-OH is 1. The Hall–Kier alpha value is -1.75. The van der Waals surface area contributed by atoms with Crippen molar-refractivity contribution in [2.45, 2.75) is 38.8 Å². The van der Waals surface area contributed by atoms with E-state index in [1.165, 1.54) is 0 Å². The molecule has 1 heterocycles. The molecule has 110 valence electrons. The average molecular weight is 279 g/mol. The van der Waals surface area contributed by atoms with E-state index in [0.29, 0.717) is 0 Å². The molecule has 2 rings (SSSR count). The molecular weight excluding hydrogens is 258 g/mol. The van der Waals surface area contributed by atoms with Crippen molar-refractivity contribution in [2.24, 2.45) is 0 Å². The van der Waals surface area contributed by atoms with Crippen LogP contribution in [0.3, 0.4) is 0 Å². The van der Waals surface area contributed by atoms with Crippen LogP contribution in [0.1, 0.15) is 25.8 Å². The third-order valence-electron chi connectivity index (χ3n) is 3.49. The molecule has 1 N–H and O–H groups in total. The molecule has 5 heteroatoms. The van der Waals surface area contributed by atoms with Crippen LogP contribution in [-0.2, 0) is 11.2 Å². The molecule has 0 bridgehead atoms. The molecule has 0 spiro atoms. The van der Waals surface area contributed by atoms with Crippen LogP contribution in [0.15, 0.2) is 18.2 Å². The number of hydrogen-bond donors (Lipinski definition) is 1. The SMILES string of the molecule is CC(O)CC(=O)N(C)C(C)Cc1ccc2c(c1)OCO2. The number of rotatable bonds is 5. The van der Waals surface area contributed by atoms with E-state index in [9.17, 15) is 9.90 Å². The van der Waals surface area contributed by atoms with Crippen molar-refractivity contribution < 1.29 is 19.4 Å². The molecule has 0 fully saturated rings. The Kier molecular flexibility index (Phi) is 4.49. The predicted molar refractivity (Wildman–Crippen MR) is 74.8 cm³/mol. The third kappa shape index (κ3) is 3.42. The fraction of sp³-hybridized carbons (Fsp3) is 0.533. The predicted octanol–water partition coefficient (Wildman–Crippen LogP) is 1.58. The van der Waals surface area contributed by atoms with Gasteiger partial charge >= 0.3 is 0 Å². The molecule has 0 aromatic heterocycles. The lowest BCUT2D eigenvalue weighted by Crippen LogP contribution is -2.37. The van der Waals surface area contributed by atoms with Crippen molar-refractivity contribution >= 4 is 5.91 Å². The molecule has 2 atom stereocenters. The van der Waals surface area contributed by atoms with Gasteiger partial charge in [0.15, 0.2) is 11.5 Å². The maximum atomic E-state index is 11.9. The molecule has 0 aliphatic carbocycles. The molecule has 20 heavy (non-hydrogen) atoms. The van der Waals surface area contributed by atoms with Gasteiger partial charge in [0, 0.05) is 13.1 Å². The van der Waals surface area contributed by atoms with Gasteiger partial charge in [0.05, 0.1) is 12.5 Å². The molecule has 1 aliphatic heterocycles. The van der Waals surface area contributed by atoms with Crippen molar-refractivity contribution in [1.82, 2.24) is 4.90 Å². The Bertz CT molecular complexity index is 487. The van der Waals surface area contributed by atoms with E-state index >= 15 is 0 Å². The molecule has 0 saturated heterocycles. The van der Waals surface area contributed by atoms with Crippen LogP contribution in [0, 0.1) is 0 Å². The summed E-state index contributed by atoms with van der Waals surface area (Å²) < 4.78 is 10.6. The highest BCUT2D eigenvalue weighted by molar-refractivity contribution is 5.76. The zero-order valence-electron chi connectivity index (χ0n) is 12.1. The number of hydrogen-bond acceptors (Lipinski definition) is 4. The van der Waals surface area contributed by atoms with Gasteiger partial charge in [-0.2, -0.15) is 0 Å². The first-order valence-corrected chi connectivity index (χ1v) is 6.79. The Morgan fingerprint density at radius 1 is 1.35 bits per heavy atom. The molecule has 1 aliphatic rings.